The number of anilines is 1. The Morgan fingerprint density at radius 2 is 1.74 bits per heavy atom. The molecule has 1 saturated heterocycles. The third-order valence-corrected chi connectivity index (χ3v) is 5.29. The van der Waals surface area contributed by atoms with Crippen molar-refractivity contribution in [3.63, 3.8) is 0 Å². The first kappa shape index (κ1) is 18.9. The van der Waals surface area contributed by atoms with E-state index in [0.29, 0.717) is 41.5 Å². The molecule has 3 heterocycles. The first-order chi connectivity index (χ1) is 15.1. The van der Waals surface area contributed by atoms with Gasteiger partial charge in [-0.1, -0.05) is 24.3 Å². The van der Waals surface area contributed by atoms with E-state index in [0.717, 1.165) is 0 Å². The van der Waals surface area contributed by atoms with E-state index in [1.807, 2.05) is 6.07 Å². The lowest BCUT2D eigenvalue weighted by atomic mass is 9.96. The molecule has 0 aliphatic carbocycles. The second-order valence-electron chi connectivity index (χ2n) is 7.15. The van der Waals surface area contributed by atoms with Gasteiger partial charge in [0.1, 0.15) is 19.0 Å². The molecule has 7 nitrogen and oxygen atoms in total. The fourth-order valence-corrected chi connectivity index (χ4v) is 3.89. The fraction of sp³-hybridized carbons (Fsp3) is 0.125. The minimum Gasteiger partial charge on any atom is -0.507 e. The maximum atomic E-state index is 13.1. The Bertz CT molecular complexity index is 1190. The zero-order valence-electron chi connectivity index (χ0n) is 16.4. The largest absolute Gasteiger partial charge is 0.507 e. The maximum absolute atomic E-state index is 13.1. The molecule has 154 valence electrons. The van der Waals surface area contributed by atoms with Crippen LogP contribution < -0.4 is 14.4 Å². The molecule has 0 spiro atoms. The topological polar surface area (TPSA) is 89.0 Å². The molecule has 2 aliphatic heterocycles. The first-order valence-corrected chi connectivity index (χ1v) is 9.81. The van der Waals surface area contributed by atoms with E-state index in [1.165, 1.54) is 4.90 Å². The number of nitrogens with zero attached hydrogens (tertiary/aromatic N) is 2. The van der Waals surface area contributed by atoms with E-state index in [2.05, 4.69) is 4.98 Å². The lowest BCUT2D eigenvalue weighted by molar-refractivity contribution is -0.132. The molecule has 2 aromatic carbocycles. The molecule has 0 radical (unpaired) electrons. The Balaban J connectivity index is 1.69. The van der Waals surface area contributed by atoms with Gasteiger partial charge in [0.25, 0.3) is 11.7 Å². The second-order valence-corrected chi connectivity index (χ2v) is 7.15. The predicted molar refractivity (Wildman–Crippen MR) is 113 cm³/mol. The van der Waals surface area contributed by atoms with Gasteiger partial charge in [0, 0.05) is 23.6 Å². The van der Waals surface area contributed by atoms with Crippen molar-refractivity contribution in [1.29, 1.82) is 0 Å². The SMILES string of the molecule is O=C1C(=O)N(c2ccccc2)C(c2cccnc2)/C1=C(/O)c1ccc2c(c1)OCCO2. The van der Waals surface area contributed by atoms with Gasteiger partial charge in [0.05, 0.1) is 11.6 Å². The highest BCUT2D eigenvalue weighted by molar-refractivity contribution is 6.51. The quantitative estimate of drug-likeness (QED) is 0.401. The summed E-state index contributed by atoms with van der Waals surface area (Å²) in [7, 11) is 0. The van der Waals surface area contributed by atoms with E-state index in [4.69, 9.17) is 9.47 Å². The summed E-state index contributed by atoms with van der Waals surface area (Å²) in [6, 6.07) is 16.5. The Morgan fingerprint density at radius 1 is 0.968 bits per heavy atom. The highest BCUT2D eigenvalue weighted by Gasteiger charge is 2.47. The first-order valence-electron chi connectivity index (χ1n) is 9.81. The van der Waals surface area contributed by atoms with E-state index in [-0.39, 0.29) is 11.3 Å². The number of hydrogen-bond acceptors (Lipinski definition) is 6. The van der Waals surface area contributed by atoms with Crippen LogP contribution >= 0.6 is 0 Å². The van der Waals surface area contributed by atoms with Gasteiger partial charge in [0.15, 0.2) is 11.5 Å². The molecular weight excluding hydrogens is 396 g/mol. The lowest BCUT2D eigenvalue weighted by Crippen LogP contribution is -2.29. The highest BCUT2D eigenvalue weighted by Crippen LogP contribution is 2.42. The van der Waals surface area contributed by atoms with Gasteiger partial charge < -0.3 is 14.6 Å². The molecule has 1 atom stereocenters. The van der Waals surface area contributed by atoms with E-state index in [9.17, 15) is 14.7 Å². The predicted octanol–water partition coefficient (Wildman–Crippen LogP) is 3.48. The highest BCUT2D eigenvalue weighted by atomic mass is 16.6. The van der Waals surface area contributed by atoms with Crippen molar-refractivity contribution in [2.75, 3.05) is 18.1 Å². The number of aromatic nitrogens is 1. The molecule has 1 N–H and O–H groups in total. The van der Waals surface area contributed by atoms with Gasteiger partial charge in [-0.15, -0.1) is 0 Å². The number of Topliss-reactive ketones (excluding diaryl/α,β-unsaturated/α-hetero) is 1. The summed E-state index contributed by atoms with van der Waals surface area (Å²) < 4.78 is 11.1. The smallest absolute Gasteiger partial charge is 0.300 e. The molecule has 5 rings (SSSR count). The summed E-state index contributed by atoms with van der Waals surface area (Å²) in [6.45, 7) is 0.840. The molecule has 1 amide bonds. The number of hydrogen-bond donors (Lipinski definition) is 1. The number of aliphatic hydroxyl groups excluding tert-OH is 1. The van der Waals surface area contributed by atoms with Crippen LogP contribution in [0.1, 0.15) is 17.2 Å². The van der Waals surface area contributed by atoms with Crippen LogP contribution in [0.5, 0.6) is 11.5 Å². The zero-order valence-corrected chi connectivity index (χ0v) is 16.4. The summed E-state index contributed by atoms with van der Waals surface area (Å²) >= 11 is 0. The number of amides is 1. The summed E-state index contributed by atoms with van der Waals surface area (Å²) in [5.74, 6) is -0.700. The molecule has 31 heavy (non-hydrogen) atoms. The minimum absolute atomic E-state index is 0.00136. The average molecular weight is 414 g/mol. The molecule has 0 saturated carbocycles. The number of carbonyl (C=O) groups excluding carboxylic acids is 2. The van der Waals surface area contributed by atoms with Crippen LogP contribution in [0.25, 0.3) is 5.76 Å². The summed E-state index contributed by atoms with van der Waals surface area (Å²) in [5, 5.41) is 11.2. The van der Waals surface area contributed by atoms with Crippen LogP contribution in [-0.2, 0) is 9.59 Å². The van der Waals surface area contributed by atoms with E-state index < -0.39 is 17.7 Å². The number of fused-ring (bicyclic) bond motifs is 1. The van der Waals surface area contributed by atoms with Gasteiger partial charge in [-0.3, -0.25) is 19.5 Å². The van der Waals surface area contributed by atoms with Crippen molar-refractivity contribution < 1.29 is 24.2 Å². The number of rotatable bonds is 3. The number of ketones is 1. The number of ether oxygens (including phenoxy) is 2. The number of aliphatic hydroxyl groups is 1. The van der Waals surface area contributed by atoms with Crippen molar-refractivity contribution in [1.82, 2.24) is 4.98 Å². The molecule has 1 fully saturated rings. The fourth-order valence-electron chi connectivity index (χ4n) is 3.89. The van der Waals surface area contributed by atoms with E-state index >= 15 is 0 Å². The van der Waals surface area contributed by atoms with Crippen molar-refractivity contribution in [2.24, 2.45) is 0 Å². The monoisotopic (exact) mass is 414 g/mol. The van der Waals surface area contributed by atoms with E-state index in [1.54, 1.807) is 67.0 Å². The molecular formula is C24H18N2O5. The number of benzene rings is 2. The van der Waals surface area contributed by atoms with Gasteiger partial charge in [-0.05, 0) is 42.0 Å². The molecule has 1 aromatic heterocycles. The van der Waals surface area contributed by atoms with Crippen LogP contribution in [0.2, 0.25) is 0 Å². The summed E-state index contributed by atoms with van der Waals surface area (Å²) in [6.07, 6.45) is 3.20. The molecule has 3 aromatic rings. The van der Waals surface area contributed by atoms with Gasteiger partial charge in [0.2, 0.25) is 0 Å². The Hall–Kier alpha value is -4.13. The molecule has 0 bridgehead atoms. The second kappa shape index (κ2) is 7.60. The summed E-state index contributed by atoms with van der Waals surface area (Å²) in [5.41, 5.74) is 1.53. The van der Waals surface area contributed by atoms with Gasteiger partial charge >= 0.3 is 0 Å². The minimum atomic E-state index is -0.815. The third-order valence-electron chi connectivity index (χ3n) is 5.29. The lowest BCUT2D eigenvalue weighted by Gasteiger charge is -2.25. The van der Waals surface area contributed by atoms with Crippen LogP contribution in [0.15, 0.2) is 78.6 Å². The van der Waals surface area contributed by atoms with Crippen LogP contribution in [0.4, 0.5) is 5.69 Å². The van der Waals surface area contributed by atoms with Crippen LogP contribution in [0.3, 0.4) is 0 Å². The zero-order chi connectivity index (χ0) is 21.4. The molecule has 1 unspecified atom stereocenters. The third kappa shape index (κ3) is 3.20. The average Bonchev–Trinajstić information content (AvgIpc) is 3.10. The van der Waals surface area contributed by atoms with Gasteiger partial charge in [-0.2, -0.15) is 0 Å². The van der Waals surface area contributed by atoms with Crippen LogP contribution in [-0.4, -0.2) is 35.0 Å². The van der Waals surface area contributed by atoms with Crippen molar-refractivity contribution in [2.45, 2.75) is 6.04 Å². The number of pyridine rings is 1. The molecule has 7 heteroatoms. The Morgan fingerprint density at radius 3 is 2.48 bits per heavy atom. The number of carbonyl (C=O) groups is 2. The van der Waals surface area contributed by atoms with Crippen molar-refractivity contribution in [3.8, 4) is 11.5 Å². The van der Waals surface area contributed by atoms with Crippen molar-refractivity contribution >= 4 is 23.1 Å². The van der Waals surface area contributed by atoms with Crippen LogP contribution in [0, 0.1) is 0 Å². The normalized spacial score (nSPS) is 19.5. The van der Waals surface area contributed by atoms with Crippen molar-refractivity contribution in [3.05, 3.63) is 89.8 Å². The Kier molecular flexibility index (Phi) is 4.63. The number of para-hydroxylation sites is 1. The Labute approximate surface area is 178 Å². The summed E-state index contributed by atoms with van der Waals surface area (Å²) in [4.78, 5) is 31.7. The van der Waals surface area contributed by atoms with Gasteiger partial charge in [-0.25, -0.2) is 0 Å². The molecule has 2 aliphatic rings. The standard InChI is InChI=1S/C24H18N2O5/c27-22(15-8-9-18-19(13-15)31-12-11-30-18)20-21(16-5-4-10-25-14-16)26(24(29)23(20)28)17-6-2-1-3-7-17/h1-10,13-14,21,27H,11-12H2/b22-20-. The maximum Gasteiger partial charge on any atom is 0.300 e.